The third-order valence-electron chi connectivity index (χ3n) is 2.45. The topological polar surface area (TPSA) is 45.9 Å². The minimum atomic E-state index is 0.502. The molecule has 80 valence electrons. The Bertz CT molecular complexity index is 543. The Morgan fingerprint density at radius 1 is 1.31 bits per heavy atom. The second-order valence-corrected chi connectivity index (χ2v) is 3.52. The molecular weight excluding hydrogens is 200 g/mol. The third kappa shape index (κ3) is 2.12. The van der Waals surface area contributed by atoms with E-state index in [1.807, 2.05) is 30.3 Å². The van der Waals surface area contributed by atoms with Crippen LogP contribution in [0.3, 0.4) is 0 Å². The van der Waals surface area contributed by atoms with Crippen molar-refractivity contribution in [3.05, 3.63) is 36.0 Å². The fourth-order valence-electron chi connectivity index (χ4n) is 1.59. The summed E-state index contributed by atoms with van der Waals surface area (Å²) in [5.41, 5.74) is 1.86. The van der Waals surface area contributed by atoms with E-state index in [-0.39, 0.29) is 0 Å². The minimum absolute atomic E-state index is 0.502. The molecule has 0 spiro atoms. The SMILES string of the molecule is COc1ccc2ccc(CCC#N)nc2c1. The molecule has 0 aliphatic rings. The Hall–Kier alpha value is -2.08. The molecule has 0 radical (unpaired) electrons. The number of aryl methyl sites for hydroxylation is 1. The zero-order valence-corrected chi connectivity index (χ0v) is 9.10. The lowest BCUT2D eigenvalue weighted by atomic mass is 10.1. The summed E-state index contributed by atoms with van der Waals surface area (Å²) in [6, 6.07) is 11.9. The van der Waals surface area contributed by atoms with E-state index in [4.69, 9.17) is 10.00 Å². The third-order valence-corrected chi connectivity index (χ3v) is 2.45. The van der Waals surface area contributed by atoms with Crippen molar-refractivity contribution in [2.75, 3.05) is 7.11 Å². The summed E-state index contributed by atoms with van der Waals surface area (Å²) in [6.45, 7) is 0. The van der Waals surface area contributed by atoms with Gasteiger partial charge >= 0.3 is 0 Å². The van der Waals surface area contributed by atoms with Crippen molar-refractivity contribution in [3.8, 4) is 11.8 Å². The van der Waals surface area contributed by atoms with E-state index >= 15 is 0 Å². The first-order chi connectivity index (χ1) is 7.83. The molecule has 16 heavy (non-hydrogen) atoms. The highest BCUT2D eigenvalue weighted by Crippen LogP contribution is 2.19. The lowest BCUT2D eigenvalue weighted by molar-refractivity contribution is 0.415. The largest absolute Gasteiger partial charge is 0.497 e. The number of aromatic nitrogens is 1. The molecule has 1 aromatic carbocycles. The number of hydrogen-bond acceptors (Lipinski definition) is 3. The van der Waals surface area contributed by atoms with Crippen LogP contribution in [0, 0.1) is 11.3 Å². The number of nitriles is 1. The van der Waals surface area contributed by atoms with E-state index in [0.29, 0.717) is 12.8 Å². The highest BCUT2D eigenvalue weighted by molar-refractivity contribution is 5.80. The minimum Gasteiger partial charge on any atom is -0.497 e. The van der Waals surface area contributed by atoms with E-state index in [9.17, 15) is 0 Å². The number of hydrogen-bond donors (Lipinski definition) is 0. The Morgan fingerprint density at radius 3 is 2.88 bits per heavy atom. The standard InChI is InChI=1S/C13H12N2O/c1-16-12-7-5-10-4-6-11(3-2-8-14)15-13(10)9-12/h4-7,9H,2-3H2,1H3. The van der Waals surface area contributed by atoms with E-state index in [1.165, 1.54) is 0 Å². The maximum absolute atomic E-state index is 8.53. The van der Waals surface area contributed by atoms with Gasteiger partial charge in [-0.25, -0.2) is 0 Å². The van der Waals surface area contributed by atoms with Crippen molar-refractivity contribution in [2.24, 2.45) is 0 Å². The average molecular weight is 212 g/mol. The van der Waals surface area contributed by atoms with Crippen LogP contribution in [0.25, 0.3) is 10.9 Å². The fourth-order valence-corrected chi connectivity index (χ4v) is 1.59. The highest BCUT2D eigenvalue weighted by Gasteiger charge is 2.00. The van der Waals surface area contributed by atoms with Crippen molar-refractivity contribution in [1.82, 2.24) is 4.98 Å². The summed E-state index contributed by atoms with van der Waals surface area (Å²) in [5, 5.41) is 9.61. The molecule has 1 heterocycles. The smallest absolute Gasteiger partial charge is 0.121 e. The molecule has 0 unspecified atom stereocenters. The quantitative estimate of drug-likeness (QED) is 0.785. The van der Waals surface area contributed by atoms with Gasteiger partial charge < -0.3 is 4.74 Å². The average Bonchev–Trinajstić information content (AvgIpc) is 2.35. The first-order valence-corrected chi connectivity index (χ1v) is 5.14. The molecular formula is C13H12N2O. The second kappa shape index (κ2) is 4.63. The maximum Gasteiger partial charge on any atom is 0.121 e. The Kier molecular flexibility index (Phi) is 3.02. The van der Waals surface area contributed by atoms with Gasteiger partial charge in [0, 0.05) is 30.0 Å². The van der Waals surface area contributed by atoms with Crippen LogP contribution in [-0.4, -0.2) is 12.1 Å². The maximum atomic E-state index is 8.53. The van der Waals surface area contributed by atoms with Gasteiger partial charge in [0.15, 0.2) is 0 Å². The van der Waals surface area contributed by atoms with Crippen LogP contribution in [0.5, 0.6) is 5.75 Å². The highest BCUT2D eigenvalue weighted by atomic mass is 16.5. The predicted molar refractivity (Wildman–Crippen MR) is 62.2 cm³/mol. The van der Waals surface area contributed by atoms with Gasteiger partial charge in [-0.15, -0.1) is 0 Å². The first-order valence-electron chi connectivity index (χ1n) is 5.14. The molecule has 0 aliphatic heterocycles. The van der Waals surface area contributed by atoms with Gasteiger partial charge in [0.05, 0.1) is 18.7 Å². The molecule has 0 atom stereocenters. The predicted octanol–water partition coefficient (Wildman–Crippen LogP) is 2.70. The zero-order chi connectivity index (χ0) is 11.4. The molecule has 0 N–H and O–H groups in total. The van der Waals surface area contributed by atoms with Gasteiger partial charge in [0.25, 0.3) is 0 Å². The van der Waals surface area contributed by atoms with Crippen LogP contribution in [0.4, 0.5) is 0 Å². The van der Waals surface area contributed by atoms with E-state index < -0.39 is 0 Å². The molecule has 1 aromatic heterocycles. The van der Waals surface area contributed by atoms with Crippen molar-refractivity contribution in [1.29, 1.82) is 5.26 Å². The van der Waals surface area contributed by atoms with Crippen molar-refractivity contribution in [3.63, 3.8) is 0 Å². The van der Waals surface area contributed by atoms with Crippen LogP contribution < -0.4 is 4.74 Å². The van der Waals surface area contributed by atoms with Crippen LogP contribution in [0.1, 0.15) is 12.1 Å². The molecule has 0 aliphatic carbocycles. The number of nitrogens with zero attached hydrogens (tertiary/aromatic N) is 2. The fraction of sp³-hybridized carbons (Fsp3) is 0.231. The van der Waals surface area contributed by atoms with E-state index in [0.717, 1.165) is 22.3 Å². The summed E-state index contributed by atoms with van der Waals surface area (Å²) >= 11 is 0. The Balaban J connectivity index is 2.39. The summed E-state index contributed by atoms with van der Waals surface area (Å²) in [7, 11) is 1.64. The molecule has 0 amide bonds. The molecule has 2 rings (SSSR count). The molecule has 2 aromatic rings. The van der Waals surface area contributed by atoms with Crippen molar-refractivity contribution < 1.29 is 4.74 Å². The lowest BCUT2D eigenvalue weighted by Crippen LogP contribution is -1.90. The Labute approximate surface area is 94.3 Å². The van der Waals surface area contributed by atoms with Gasteiger partial charge in [0.1, 0.15) is 5.75 Å². The van der Waals surface area contributed by atoms with Crippen LogP contribution in [0.2, 0.25) is 0 Å². The Morgan fingerprint density at radius 2 is 2.12 bits per heavy atom. The molecule has 0 bridgehead atoms. The van der Waals surface area contributed by atoms with Crippen molar-refractivity contribution in [2.45, 2.75) is 12.8 Å². The molecule has 0 saturated carbocycles. The number of benzene rings is 1. The van der Waals surface area contributed by atoms with Crippen molar-refractivity contribution >= 4 is 10.9 Å². The number of pyridine rings is 1. The second-order valence-electron chi connectivity index (χ2n) is 3.52. The van der Waals surface area contributed by atoms with Crippen LogP contribution in [-0.2, 0) is 6.42 Å². The van der Waals surface area contributed by atoms with E-state index in [2.05, 4.69) is 11.1 Å². The van der Waals surface area contributed by atoms with Crippen LogP contribution in [0.15, 0.2) is 30.3 Å². The van der Waals surface area contributed by atoms with Gasteiger partial charge in [-0.05, 0) is 18.2 Å². The number of fused-ring (bicyclic) bond motifs is 1. The van der Waals surface area contributed by atoms with E-state index in [1.54, 1.807) is 7.11 Å². The molecule has 3 nitrogen and oxygen atoms in total. The monoisotopic (exact) mass is 212 g/mol. The summed E-state index contributed by atoms with van der Waals surface area (Å²) < 4.78 is 5.15. The molecule has 0 saturated heterocycles. The van der Waals surface area contributed by atoms with Crippen LogP contribution >= 0.6 is 0 Å². The van der Waals surface area contributed by atoms with Gasteiger partial charge in [-0.3, -0.25) is 4.98 Å². The molecule has 3 heteroatoms. The number of methoxy groups -OCH3 is 1. The first kappa shape index (κ1) is 10.4. The number of ether oxygens (including phenoxy) is 1. The zero-order valence-electron chi connectivity index (χ0n) is 9.10. The van der Waals surface area contributed by atoms with Gasteiger partial charge in [-0.2, -0.15) is 5.26 Å². The summed E-state index contributed by atoms with van der Waals surface area (Å²) in [5.74, 6) is 0.803. The normalized spacial score (nSPS) is 10.0. The summed E-state index contributed by atoms with van der Waals surface area (Å²) in [6.07, 6.45) is 1.20. The van der Waals surface area contributed by atoms with Gasteiger partial charge in [0.2, 0.25) is 0 Å². The number of rotatable bonds is 3. The molecule has 0 fully saturated rings. The lowest BCUT2D eigenvalue weighted by Gasteiger charge is -2.03. The van der Waals surface area contributed by atoms with Gasteiger partial charge in [-0.1, -0.05) is 6.07 Å². The summed E-state index contributed by atoms with van der Waals surface area (Å²) in [4.78, 5) is 4.49.